The van der Waals surface area contributed by atoms with Crippen LogP contribution in [0.15, 0.2) is 17.2 Å². The van der Waals surface area contributed by atoms with E-state index in [0.717, 1.165) is 5.69 Å². The van der Waals surface area contributed by atoms with Gasteiger partial charge in [-0.15, -0.1) is 0 Å². The van der Waals surface area contributed by atoms with E-state index in [1.165, 1.54) is 4.31 Å². The fraction of sp³-hybridized carbons (Fsp3) is 0.714. The molecule has 0 bridgehead atoms. The minimum absolute atomic E-state index is 0.0929. The molecule has 0 radical (unpaired) electrons. The fourth-order valence-corrected chi connectivity index (χ4v) is 4.40. The van der Waals surface area contributed by atoms with Gasteiger partial charge < -0.3 is 15.0 Å². The van der Waals surface area contributed by atoms with Crippen molar-refractivity contribution in [3.05, 3.63) is 18.0 Å². The van der Waals surface area contributed by atoms with Crippen LogP contribution in [-0.2, 0) is 21.3 Å². The number of hydrogen-bond donors (Lipinski definition) is 1. The Hall–Kier alpha value is -0.890. The number of hydrogen-bond acceptors (Lipinski definition) is 4. The number of rotatable bonds is 4. The molecular formula is C14H25N3O3S. The molecule has 0 spiro atoms. The van der Waals surface area contributed by atoms with Crippen LogP contribution in [-0.4, -0.2) is 42.6 Å². The third-order valence-electron chi connectivity index (χ3n) is 3.70. The van der Waals surface area contributed by atoms with E-state index in [1.54, 1.807) is 12.3 Å². The lowest BCUT2D eigenvalue weighted by atomic mass is 10.3. The number of sulfonamides is 1. The highest BCUT2D eigenvalue weighted by molar-refractivity contribution is 7.89. The van der Waals surface area contributed by atoms with Gasteiger partial charge >= 0.3 is 0 Å². The Morgan fingerprint density at radius 1 is 1.33 bits per heavy atom. The van der Waals surface area contributed by atoms with Gasteiger partial charge in [-0.05, 0) is 33.8 Å². The van der Waals surface area contributed by atoms with E-state index in [4.69, 9.17) is 10.5 Å². The molecule has 2 rings (SSSR count). The van der Waals surface area contributed by atoms with Crippen molar-refractivity contribution in [3.63, 3.8) is 0 Å². The number of nitrogens with zero attached hydrogens (tertiary/aromatic N) is 2. The molecule has 7 heteroatoms. The highest BCUT2D eigenvalue weighted by Crippen LogP contribution is 2.24. The average molecular weight is 315 g/mol. The van der Waals surface area contributed by atoms with Crippen LogP contribution >= 0.6 is 0 Å². The van der Waals surface area contributed by atoms with Crippen molar-refractivity contribution in [2.24, 2.45) is 5.73 Å². The third-order valence-corrected chi connectivity index (χ3v) is 5.49. The maximum absolute atomic E-state index is 12.8. The lowest BCUT2D eigenvalue weighted by Gasteiger charge is -2.34. The summed E-state index contributed by atoms with van der Waals surface area (Å²) < 4.78 is 34.6. The largest absolute Gasteiger partial charge is 0.373 e. The van der Waals surface area contributed by atoms with Gasteiger partial charge in [-0.2, -0.15) is 4.31 Å². The molecule has 0 aromatic carbocycles. The van der Waals surface area contributed by atoms with Crippen LogP contribution in [0.4, 0.5) is 0 Å². The van der Waals surface area contributed by atoms with Crippen molar-refractivity contribution < 1.29 is 13.2 Å². The van der Waals surface area contributed by atoms with E-state index in [1.807, 2.05) is 32.3 Å². The Morgan fingerprint density at radius 2 is 1.90 bits per heavy atom. The predicted octanol–water partition coefficient (Wildman–Crippen LogP) is 1.33. The van der Waals surface area contributed by atoms with Gasteiger partial charge in [0.05, 0.1) is 12.2 Å². The monoisotopic (exact) mass is 315 g/mol. The third kappa shape index (κ3) is 3.31. The Kier molecular flexibility index (Phi) is 4.77. The van der Waals surface area contributed by atoms with Gasteiger partial charge in [0.1, 0.15) is 4.90 Å². The highest BCUT2D eigenvalue weighted by Gasteiger charge is 2.33. The standard InChI is InChI=1S/C14H25N3O3S/c1-10(2)17-9-14(5-13(17)6-15)21(18,19)16-7-11(3)20-12(4)8-16/h5,9-12H,6-8,15H2,1-4H3. The number of aromatic nitrogens is 1. The Labute approximate surface area is 126 Å². The van der Waals surface area contributed by atoms with Crippen LogP contribution < -0.4 is 5.73 Å². The van der Waals surface area contributed by atoms with Gasteiger partial charge in [-0.1, -0.05) is 0 Å². The summed E-state index contributed by atoms with van der Waals surface area (Å²) in [6.45, 7) is 8.90. The fourth-order valence-electron chi connectivity index (χ4n) is 2.76. The second kappa shape index (κ2) is 6.08. The summed E-state index contributed by atoms with van der Waals surface area (Å²) in [5, 5.41) is 0. The quantitative estimate of drug-likeness (QED) is 0.909. The summed E-state index contributed by atoms with van der Waals surface area (Å²) in [5.74, 6) is 0. The van der Waals surface area contributed by atoms with Gasteiger partial charge in [0, 0.05) is 37.6 Å². The molecule has 2 N–H and O–H groups in total. The van der Waals surface area contributed by atoms with Crippen molar-refractivity contribution in [2.75, 3.05) is 13.1 Å². The van der Waals surface area contributed by atoms with Gasteiger partial charge in [-0.3, -0.25) is 0 Å². The Morgan fingerprint density at radius 3 is 2.33 bits per heavy atom. The summed E-state index contributed by atoms with van der Waals surface area (Å²) >= 11 is 0. The molecule has 1 aromatic rings. The lowest BCUT2D eigenvalue weighted by Crippen LogP contribution is -2.48. The number of ether oxygens (including phenoxy) is 1. The summed E-state index contributed by atoms with van der Waals surface area (Å²) in [5.41, 5.74) is 6.55. The molecule has 0 saturated carbocycles. The minimum atomic E-state index is -3.50. The molecule has 2 heterocycles. The lowest BCUT2D eigenvalue weighted by molar-refractivity contribution is -0.0440. The van der Waals surface area contributed by atoms with E-state index >= 15 is 0 Å². The molecule has 1 aromatic heterocycles. The highest BCUT2D eigenvalue weighted by atomic mass is 32.2. The number of nitrogens with two attached hydrogens (primary N) is 1. The Balaban J connectivity index is 2.35. The van der Waals surface area contributed by atoms with Crippen LogP contribution in [0.3, 0.4) is 0 Å². The molecule has 120 valence electrons. The molecule has 1 fully saturated rings. The normalized spacial score (nSPS) is 24.7. The molecule has 0 aliphatic carbocycles. The van der Waals surface area contributed by atoms with Crippen LogP contribution in [0.1, 0.15) is 39.4 Å². The Bertz CT molecular complexity index is 585. The van der Waals surface area contributed by atoms with E-state index in [0.29, 0.717) is 24.5 Å². The van der Waals surface area contributed by atoms with Crippen LogP contribution in [0, 0.1) is 0 Å². The second-order valence-electron chi connectivity index (χ2n) is 5.95. The first-order valence-electron chi connectivity index (χ1n) is 7.32. The molecule has 2 atom stereocenters. The van der Waals surface area contributed by atoms with Crippen molar-refractivity contribution in [1.29, 1.82) is 0 Å². The molecule has 6 nitrogen and oxygen atoms in total. The average Bonchev–Trinajstić information content (AvgIpc) is 2.82. The molecule has 21 heavy (non-hydrogen) atoms. The van der Waals surface area contributed by atoms with Gasteiger partial charge in [0.2, 0.25) is 10.0 Å². The van der Waals surface area contributed by atoms with Gasteiger partial charge in [-0.25, -0.2) is 8.42 Å². The van der Waals surface area contributed by atoms with E-state index in [-0.39, 0.29) is 18.2 Å². The first-order valence-corrected chi connectivity index (χ1v) is 8.76. The smallest absolute Gasteiger partial charge is 0.244 e. The minimum Gasteiger partial charge on any atom is -0.373 e. The van der Waals surface area contributed by atoms with E-state index in [9.17, 15) is 8.42 Å². The summed E-state index contributed by atoms with van der Waals surface area (Å²) in [6, 6.07) is 1.86. The van der Waals surface area contributed by atoms with E-state index in [2.05, 4.69) is 0 Å². The molecular weight excluding hydrogens is 290 g/mol. The maximum Gasteiger partial charge on any atom is 0.244 e. The zero-order valence-corrected chi connectivity index (χ0v) is 13.9. The first-order chi connectivity index (χ1) is 9.75. The molecule has 0 amide bonds. The topological polar surface area (TPSA) is 77.6 Å². The molecule has 2 unspecified atom stereocenters. The summed E-state index contributed by atoms with van der Waals surface area (Å²) in [7, 11) is -3.50. The van der Waals surface area contributed by atoms with Gasteiger partial charge in [0.25, 0.3) is 0 Å². The second-order valence-corrected chi connectivity index (χ2v) is 7.89. The van der Waals surface area contributed by atoms with Crippen LogP contribution in [0.25, 0.3) is 0 Å². The zero-order chi connectivity index (χ0) is 15.8. The zero-order valence-electron chi connectivity index (χ0n) is 13.1. The SMILES string of the molecule is CC1CN(S(=O)(=O)c2cc(CN)n(C(C)C)c2)CC(C)O1. The first kappa shape index (κ1) is 16.5. The van der Waals surface area contributed by atoms with Crippen molar-refractivity contribution >= 4 is 10.0 Å². The van der Waals surface area contributed by atoms with Crippen molar-refractivity contribution in [3.8, 4) is 0 Å². The predicted molar refractivity (Wildman–Crippen MR) is 81.5 cm³/mol. The number of morpholine rings is 1. The van der Waals surface area contributed by atoms with E-state index < -0.39 is 10.0 Å². The summed E-state index contributed by atoms with van der Waals surface area (Å²) in [4.78, 5) is 0.318. The maximum atomic E-state index is 12.8. The molecule has 1 aliphatic rings. The summed E-state index contributed by atoms with van der Waals surface area (Å²) in [6.07, 6.45) is 1.50. The van der Waals surface area contributed by atoms with Crippen LogP contribution in [0.2, 0.25) is 0 Å². The van der Waals surface area contributed by atoms with Crippen molar-refractivity contribution in [1.82, 2.24) is 8.87 Å². The van der Waals surface area contributed by atoms with Gasteiger partial charge in [0.15, 0.2) is 0 Å². The van der Waals surface area contributed by atoms with Crippen molar-refractivity contribution in [2.45, 2.75) is 57.4 Å². The molecule has 1 aliphatic heterocycles. The van der Waals surface area contributed by atoms with Crippen LogP contribution in [0.5, 0.6) is 0 Å². The molecule has 1 saturated heterocycles.